The zero-order valence-electron chi connectivity index (χ0n) is 9.11. The highest BCUT2D eigenvalue weighted by molar-refractivity contribution is 6.08. The van der Waals surface area contributed by atoms with E-state index < -0.39 is 23.5 Å². The number of carboxylic acids is 1. The zero-order valence-corrected chi connectivity index (χ0v) is 9.11. The van der Waals surface area contributed by atoms with Crippen molar-refractivity contribution >= 4 is 11.8 Å². The second-order valence-electron chi connectivity index (χ2n) is 3.93. The van der Waals surface area contributed by atoms with Crippen LogP contribution in [-0.2, 0) is 4.79 Å². The smallest absolute Gasteiger partial charge is 0.314 e. The van der Waals surface area contributed by atoms with Crippen LogP contribution in [0.3, 0.4) is 0 Å². The molecule has 0 aromatic heterocycles. The lowest BCUT2D eigenvalue weighted by molar-refractivity contribution is -0.141. The summed E-state index contributed by atoms with van der Waals surface area (Å²) >= 11 is 0. The van der Waals surface area contributed by atoms with Crippen LogP contribution in [-0.4, -0.2) is 16.9 Å². The number of ketones is 1. The van der Waals surface area contributed by atoms with E-state index in [-0.39, 0.29) is 11.5 Å². The molecule has 16 heavy (non-hydrogen) atoms. The predicted octanol–water partition coefficient (Wildman–Crippen LogP) is 2.37. The fourth-order valence-corrected chi connectivity index (χ4v) is 1.52. The quantitative estimate of drug-likeness (QED) is 0.631. The van der Waals surface area contributed by atoms with E-state index in [2.05, 4.69) is 0 Å². The number of halogens is 1. The Balaban J connectivity index is 3.04. The number of carbonyl (C=O) groups is 2. The maximum absolute atomic E-state index is 12.9. The maximum atomic E-state index is 12.9. The molecule has 0 aliphatic carbocycles. The summed E-state index contributed by atoms with van der Waals surface area (Å²) in [4.78, 5) is 22.8. The lowest BCUT2D eigenvalue weighted by atomic mass is 9.88. The average molecular weight is 224 g/mol. The Kier molecular flexibility index (Phi) is 3.77. The minimum Gasteiger partial charge on any atom is -0.481 e. The van der Waals surface area contributed by atoms with E-state index in [0.717, 1.165) is 6.07 Å². The van der Waals surface area contributed by atoms with E-state index in [1.807, 2.05) is 0 Å². The molecule has 0 spiro atoms. The Morgan fingerprint density at radius 2 is 1.94 bits per heavy atom. The summed E-state index contributed by atoms with van der Waals surface area (Å²) in [6, 6.07) is 5.08. The fourth-order valence-electron chi connectivity index (χ4n) is 1.52. The van der Waals surface area contributed by atoms with Crippen molar-refractivity contribution in [2.24, 2.45) is 11.8 Å². The van der Waals surface area contributed by atoms with Crippen LogP contribution < -0.4 is 0 Å². The van der Waals surface area contributed by atoms with E-state index in [9.17, 15) is 14.0 Å². The molecule has 1 unspecified atom stereocenters. The van der Waals surface area contributed by atoms with Gasteiger partial charge in [-0.25, -0.2) is 4.39 Å². The molecular formula is C12H13FO3. The van der Waals surface area contributed by atoms with Gasteiger partial charge in [-0.05, 0) is 18.1 Å². The second kappa shape index (κ2) is 4.88. The summed E-state index contributed by atoms with van der Waals surface area (Å²) in [6.45, 7) is 3.30. The second-order valence-corrected chi connectivity index (χ2v) is 3.93. The van der Waals surface area contributed by atoms with Crippen molar-refractivity contribution in [1.82, 2.24) is 0 Å². The molecule has 0 bridgehead atoms. The molecule has 0 fully saturated rings. The molecule has 0 saturated heterocycles. The first kappa shape index (κ1) is 12.4. The first-order valence-electron chi connectivity index (χ1n) is 4.96. The topological polar surface area (TPSA) is 54.4 Å². The Morgan fingerprint density at radius 3 is 2.38 bits per heavy atom. The maximum Gasteiger partial charge on any atom is 0.314 e. The summed E-state index contributed by atoms with van der Waals surface area (Å²) in [6.07, 6.45) is 0. The van der Waals surface area contributed by atoms with Crippen LogP contribution in [0.5, 0.6) is 0 Å². The predicted molar refractivity (Wildman–Crippen MR) is 56.7 cm³/mol. The number of hydrogen-bond acceptors (Lipinski definition) is 2. The van der Waals surface area contributed by atoms with Crippen LogP contribution in [0.15, 0.2) is 24.3 Å². The Bertz CT molecular complexity index is 412. The van der Waals surface area contributed by atoms with Gasteiger partial charge in [0.1, 0.15) is 11.7 Å². The molecule has 3 nitrogen and oxygen atoms in total. The third-order valence-corrected chi connectivity index (χ3v) is 2.32. The Hall–Kier alpha value is -1.71. The molecule has 1 aromatic carbocycles. The van der Waals surface area contributed by atoms with Crippen molar-refractivity contribution in [2.75, 3.05) is 0 Å². The first-order chi connectivity index (χ1) is 7.43. The summed E-state index contributed by atoms with van der Waals surface area (Å²) in [7, 11) is 0. The van der Waals surface area contributed by atoms with Crippen LogP contribution >= 0.6 is 0 Å². The SMILES string of the molecule is CC(C)C(C(=O)O)C(=O)c1cccc(F)c1. The van der Waals surface area contributed by atoms with Crippen molar-refractivity contribution in [2.45, 2.75) is 13.8 Å². The first-order valence-corrected chi connectivity index (χ1v) is 4.96. The molecule has 0 aliphatic heterocycles. The number of carbonyl (C=O) groups excluding carboxylic acids is 1. The third kappa shape index (κ3) is 2.66. The van der Waals surface area contributed by atoms with Gasteiger partial charge in [-0.3, -0.25) is 9.59 Å². The van der Waals surface area contributed by atoms with Crippen LogP contribution in [0.25, 0.3) is 0 Å². The minimum absolute atomic E-state index is 0.0982. The van der Waals surface area contributed by atoms with Gasteiger partial charge >= 0.3 is 5.97 Å². The van der Waals surface area contributed by atoms with Gasteiger partial charge in [-0.1, -0.05) is 26.0 Å². The fraction of sp³-hybridized carbons (Fsp3) is 0.333. The largest absolute Gasteiger partial charge is 0.481 e. The summed E-state index contributed by atoms with van der Waals surface area (Å²) in [5, 5.41) is 8.93. The number of aliphatic carboxylic acids is 1. The van der Waals surface area contributed by atoms with E-state index in [1.54, 1.807) is 13.8 Å². The number of carboxylic acid groups (broad SMARTS) is 1. The van der Waals surface area contributed by atoms with Gasteiger partial charge in [0, 0.05) is 5.56 Å². The van der Waals surface area contributed by atoms with Gasteiger partial charge in [0.05, 0.1) is 0 Å². The average Bonchev–Trinajstić information content (AvgIpc) is 2.16. The van der Waals surface area contributed by atoms with Gasteiger partial charge in [0.2, 0.25) is 0 Å². The van der Waals surface area contributed by atoms with Gasteiger partial charge < -0.3 is 5.11 Å². The Morgan fingerprint density at radius 1 is 1.31 bits per heavy atom. The molecule has 1 N–H and O–H groups in total. The molecule has 0 amide bonds. The van der Waals surface area contributed by atoms with Crippen molar-refractivity contribution in [1.29, 1.82) is 0 Å². The minimum atomic E-state index is -1.18. The molecule has 0 radical (unpaired) electrons. The van der Waals surface area contributed by atoms with Crippen molar-refractivity contribution in [3.05, 3.63) is 35.6 Å². The van der Waals surface area contributed by atoms with Gasteiger partial charge in [-0.2, -0.15) is 0 Å². The third-order valence-electron chi connectivity index (χ3n) is 2.32. The summed E-state index contributed by atoms with van der Waals surface area (Å²) in [5.74, 6) is -3.72. The molecule has 1 aromatic rings. The normalized spacial score (nSPS) is 12.5. The molecule has 0 saturated carbocycles. The van der Waals surface area contributed by atoms with E-state index in [0.29, 0.717) is 0 Å². The molecule has 0 aliphatic rings. The lowest BCUT2D eigenvalue weighted by Gasteiger charge is -2.14. The van der Waals surface area contributed by atoms with E-state index in [1.165, 1.54) is 18.2 Å². The summed E-state index contributed by atoms with van der Waals surface area (Å²) < 4.78 is 12.9. The number of rotatable bonds is 4. The molecular weight excluding hydrogens is 211 g/mol. The van der Waals surface area contributed by atoms with Gasteiger partial charge in [0.15, 0.2) is 5.78 Å². The van der Waals surface area contributed by atoms with Crippen LogP contribution in [0.4, 0.5) is 4.39 Å². The summed E-state index contributed by atoms with van der Waals surface area (Å²) in [5.41, 5.74) is 0.0982. The highest BCUT2D eigenvalue weighted by Gasteiger charge is 2.30. The van der Waals surface area contributed by atoms with Crippen LogP contribution in [0.2, 0.25) is 0 Å². The standard InChI is InChI=1S/C12H13FO3/c1-7(2)10(12(15)16)11(14)8-4-3-5-9(13)6-8/h3-7,10H,1-2H3,(H,15,16). The monoisotopic (exact) mass is 224 g/mol. The van der Waals surface area contributed by atoms with Crippen LogP contribution in [0, 0.1) is 17.7 Å². The van der Waals surface area contributed by atoms with E-state index >= 15 is 0 Å². The molecule has 86 valence electrons. The number of benzene rings is 1. The van der Waals surface area contributed by atoms with Gasteiger partial charge in [0.25, 0.3) is 0 Å². The lowest BCUT2D eigenvalue weighted by Crippen LogP contribution is -2.28. The van der Waals surface area contributed by atoms with E-state index in [4.69, 9.17) is 5.11 Å². The molecule has 1 rings (SSSR count). The number of hydrogen-bond donors (Lipinski definition) is 1. The molecule has 1 atom stereocenters. The van der Waals surface area contributed by atoms with Gasteiger partial charge in [-0.15, -0.1) is 0 Å². The number of Topliss-reactive ketones (excluding diaryl/α,β-unsaturated/α-hetero) is 1. The highest BCUT2D eigenvalue weighted by Crippen LogP contribution is 2.18. The zero-order chi connectivity index (χ0) is 12.3. The Labute approximate surface area is 92.9 Å². The van der Waals surface area contributed by atoms with Crippen LogP contribution in [0.1, 0.15) is 24.2 Å². The van der Waals surface area contributed by atoms with Crippen molar-refractivity contribution in [3.63, 3.8) is 0 Å². The molecule has 4 heteroatoms. The van der Waals surface area contributed by atoms with Crippen molar-refractivity contribution in [3.8, 4) is 0 Å². The highest BCUT2D eigenvalue weighted by atomic mass is 19.1. The molecule has 0 heterocycles. The van der Waals surface area contributed by atoms with Crippen molar-refractivity contribution < 1.29 is 19.1 Å².